The van der Waals surface area contributed by atoms with E-state index in [0.29, 0.717) is 0 Å². The summed E-state index contributed by atoms with van der Waals surface area (Å²) >= 11 is 2.60. The van der Waals surface area contributed by atoms with Crippen LogP contribution in [0.15, 0.2) is 48.5 Å². The minimum atomic E-state index is -1.10. The molecule has 1 aliphatic rings. The summed E-state index contributed by atoms with van der Waals surface area (Å²) in [6, 6.07) is 15.1. The van der Waals surface area contributed by atoms with Gasteiger partial charge >= 0.3 is 147 Å². The van der Waals surface area contributed by atoms with Gasteiger partial charge < -0.3 is 0 Å². The predicted octanol–water partition coefficient (Wildman–Crippen LogP) is 2.57. The van der Waals surface area contributed by atoms with Gasteiger partial charge in [-0.05, 0) is 0 Å². The normalized spacial score (nSPS) is 13.7. The molecule has 0 bridgehead atoms. The number of fused-ring (bicyclic) bond motifs is 3. The molecule has 0 unspecified atom stereocenters. The number of carbonyl (C=O) groups excluding carboxylic acids is 1. The molecule has 0 spiro atoms. The van der Waals surface area contributed by atoms with Gasteiger partial charge in [0.2, 0.25) is 0 Å². The van der Waals surface area contributed by atoms with Crippen LogP contribution in [-0.4, -0.2) is 45.8 Å². The van der Waals surface area contributed by atoms with E-state index in [2.05, 4.69) is 33.5 Å². The number of carboxylic acids is 1. The Morgan fingerprint density at radius 2 is 1.62 bits per heavy atom. The van der Waals surface area contributed by atoms with Crippen LogP contribution in [0.2, 0.25) is 5.32 Å². The summed E-state index contributed by atoms with van der Waals surface area (Å²) in [6.07, 6.45) is -0.723. The Balaban J connectivity index is 1.74. The zero-order valence-corrected chi connectivity index (χ0v) is 14.5. The van der Waals surface area contributed by atoms with Crippen LogP contribution in [0.25, 0.3) is 11.1 Å². The number of rotatable bonds is 5. The molecule has 0 aromatic heterocycles. The molecule has 1 atom stereocenters. The van der Waals surface area contributed by atoms with Gasteiger partial charge in [-0.15, -0.1) is 0 Å². The molecular weight excluding hydrogens is 373 g/mol. The Labute approximate surface area is 147 Å². The monoisotopic (exact) mass is 390 g/mol. The molecule has 2 aromatic rings. The van der Waals surface area contributed by atoms with Crippen LogP contribution in [0.5, 0.6) is 0 Å². The number of benzene rings is 2. The number of amides is 1. The van der Waals surface area contributed by atoms with Gasteiger partial charge in [0.1, 0.15) is 0 Å². The maximum absolute atomic E-state index is 11.9. The number of nitrogens with one attached hydrogen (secondary N) is 1. The summed E-state index contributed by atoms with van der Waals surface area (Å²) in [7, 11) is 0. The van der Waals surface area contributed by atoms with Crippen LogP contribution in [0.1, 0.15) is 17.0 Å². The molecule has 2 aromatic carbocycles. The third kappa shape index (κ3) is 3.16. The van der Waals surface area contributed by atoms with Crippen molar-refractivity contribution in [3.05, 3.63) is 59.7 Å². The van der Waals surface area contributed by atoms with Crippen LogP contribution in [0.4, 0.5) is 4.79 Å². The first-order chi connectivity index (χ1) is 11.6. The Bertz CT molecular complexity index is 732. The van der Waals surface area contributed by atoms with Crippen molar-refractivity contribution in [3.8, 4) is 11.1 Å². The average Bonchev–Trinajstić information content (AvgIpc) is 2.91. The van der Waals surface area contributed by atoms with Crippen molar-refractivity contribution in [3.63, 3.8) is 0 Å². The topological polar surface area (TPSA) is 75.6 Å². The molecule has 123 valence electrons. The Kier molecular flexibility index (Phi) is 4.88. The minimum absolute atomic E-state index is 0.0420. The molecule has 1 amide bonds. The van der Waals surface area contributed by atoms with E-state index in [-0.39, 0.29) is 17.8 Å². The van der Waals surface area contributed by atoms with Crippen molar-refractivity contribution in [1.29, 1.82) is 0 Å². The van der Waals surface area contributed by atoms with Gasteiger partial charge in [0.15, 0.2) is 0 Å². The van der Waals surface area contributed by atoms with Gasteiger partial charge in [-0.25, -0.2) is 0 Å². The summed E-state index contributed by atoms with van der Waals surface area (Å²) in [4.78, 5) is 22.9. The quantitative estimate of drug-likeness (QED) is 0.771. The Hall–Kier alpha value is -2.30. The molecule has 5 nitrogen and oxygen atoms in total. The van der Waals surface area contributed by atoms with Gasteiger partial charge in [0.05, 0.1) is 0 Å². The summed E-state index contributed by atoms with van der Waals surface area (Å²) in [5.74, 6) is -1.14. The Morgan fingerprint density at radius 3 is 2.12 bits per heavy atom. The van der Waals surface area contributed by atoms with E-state index >= 15 is 0 Å². The molecule has 0 saturated heterocycles. The van der Waals surface area contributed by atoms with E-state index in [4.69, 9.17) is 9.84 Å². The van der Waals surface area contributed by atoms with E-state index in [1.54, 1.807) is 0 Å². The molecule has 0 aliphatic heterocycles. The molecule has 24 heavy (non-hydrogen) atoms. The standard InChI is InChI=1S/C18H16NO4Se/c20-17(21)16(10-24)19-18(22)23-9-15-13-7-3-1-5-11(13)12-6-2-4-8-14(12)15/h1-8,15-16H,9-10H2,(H,19,22)(H,20,21)/t16-/m0/s1. The number of hydrogen-bond donors (Lipinski definition) is 2. The van der Waals surface area contributed by atoms with Gasteiger partial charge in [-0.2, -0.15) is 0 Å². The molecule has 3 rings (SSSR count). The van der Waals surface area contributed by atoms with Crippen molar-refractivity contribution >= 4 is 28.1 Å². The van der Waals surface area contributed by atoms with Crippen LogP contribution in [0, 0.1) is 0 Å². The van der Waals surface area contributed by atoms with Crippen LogP contribution in [0.3, 0.4) is 0 Å². The molecule has 0 saturated carbocycles. The van der Waals surface area contributed by atoms with Gasteiger partial charge in [-0.1, -0.05) is 0 Å². The second-order valence-corrected chi connectivity index (χ2v) is 6.23. The first-order valence-corrected chi connectivity index (χ1v) is 8.75. The average molecular weight is 389 g/mol. The molecule has 6 heteroatoms. The zero-order valence-electron chi connectivity index (χ0n) is 12.8. The van der Waals surface area contributed by atoms with Gasteiger partial charge in [0, 0.05) is 0 Å². The number of carbonyl (C=O) groups is 2. The van der Waals surface area contributed by atoms with Gasteiger partial charge in [-0.3, -0.25) is 0 Å². The van der Waals surface area contributed by atoms with Gasteiger partial charge in [0.25, 0.3) is 0 Å². The molecular formula is C18H16NO4Se. The van der Waals surface area contributed by atoms with Crippen molar-refractivity contribution in [2.45, 2.75) is 17.3 Å². The summed E-state index contributed by atoms with van der Waals surface area (Å²) in [6.45, 7) is 0.166. The summed E-state index contributed by atoms with van der Waals surface area (Å²) < 4.78 is 5.29. The fourth-order valence-corrected chi connectivity index (χ4v) is 3.43. The second-order valence-electron chi connectivity index (χ2n) is 5.53. The zero-order chi connectivity index (χ0) is 17.1. The van der Waals surface area contributed by atoms with Crippen LogP contribution < -0.4 is 5.32 Å². The van der Waals surface area contributed by atoms with E-state index in [0.717, 1.165) is 22.3 Å². The number of aliphatic carboxylic acids is 1. The SMILES string of the molecule is O=C(N[C@@H](C[Se])C(=O)O)OCC1c2ccccc2-c2ccccc21. The number of hydrogen-bond acceptors (Lipinski definition) is 3. The second kappa shape index (κ2) is 7.07. The first kappa shape index (κ1) is 16.6. The fourth-order valence-electron chi connectivity index (χ4n) is 2.96. The Morgan fingerprint density at radius 1 is 1.08 bits per heavy atom. The summed E-state index contributed by atoms with van der Waals surface area (Å²) in [5, 5.41) is 11.5. The fraction of sp³-hybridized carbons (Fsp3) is 0.222. The molecule has 0 heterocycles. The number of ether oxygens (including phenoxy) is 1. The molecule has 2 N–H and O–H groups in total. The predicted molar refractivity (Wildman–Crippen MR) is 90.2 cm³/mol. The molecule has 1 radical (unpaired) electrons. The third-order valence-electron chi connectivity index (χ3n) is 4.10. The number of alkyl carbamates (subject to hydrolysis) is 1. The summed E-state index contributed by atoms with van der Waals surface area (Å²) in [5.41, 5.74) is 4.53. The van der Waals surface area contributed by atoms with E-state index in [1.807, 2.05) is 36.4 Å². The first-order valence-electron chi connectivity index (χ1n) is 7.54. The van der Waals surface area contributed by atoms with Crippen LogP contribution >= 0.6 is 0 Å². The van der Waals surface area contributed by atoms with Crippen molar-refractivity contribution < 1.29 is 19.4 Å². The molecule has 0 fully saturated rings. The van der Waals surface area contributed by atoms with Crippen molar-refractivity contribution in [2.24, 2.45) is 0 Å². The van der Waals surface area contributed by atoms with Crippen LogP contribution in [-0.2, 0) is 9.53 Å². The van der Waals surface area contributed by atoms with E-state index in [1.165, 1.54) is 0 Å². The third-order valence-corrected chi connectivity index (χ3v) is 4.80. The van der Waals surface area contributed by atoms with E-state index < -0.39 is 18.1 Å². The molecule has 1 aliphatic carbocycles. The maximum atomic E-state index is 11.9. The van der Waals surface area contributed by atoms with Crippen molar-refractivity contribution in [1.82, 2.24) is 5.32 Å². The number of carboxylic acid groups (broad SMARTS) is 1. The van der Waals surface area contributed by atoms with E-state index in [9.17, 15) is 9.59 Å². The van der Waals surface area contributed by atoms with Crippen molar-refractivity contribution in [2.75, 3.05) is 6.61 Å².